The second-order valence-electron chi connectivity index (χ2n) is 6.90. The summed E-state index contributed by atoms with van der Waals surface area (Å²) in [6.45, 7) is 3.00. The topological polar surface area (TPSA) is 42.7 Å². The summed E-state index contributed by atoms with van der Waals surface area (Å²) in [5.74, 6) is 1.23. The first-order valence-corrected chi connectivity index (χ1v) is 10.3. The zero-order valence-electron chi connectivity index (χ0n) is 15.3. The van der Waals surface area contributed by atoms with Crippen LogP contribution in [0.2, 0.25) is 0 Å². The van der Waals surface area contributed by atoms with Crippen molar-refractivity contribution in [1.29, 1.82) is 0 Å². The molecule has 1 aliphatic heterocycles. The molecule has 3 heterocycles. The summed E-state index contributed by atoms with van der Waals surface area (Å²) < 4.78 is 7.88. The van der Waals surface area contributed by atoms with E-state index in [1.807, 2.05) is 22.8 Å². The Kier molecular flexibility index (Phi) is 5.13. The zero-order valence-corrected chi connectivity index (χ0v) is 16.1. The van der Waals surface area contributed by atoms with E-state index in [-0.39, 0.29) is 0 Å². The van der Waals surface area contributed by atoms with Crippen molar-refractivity contribution in [3.05, 3.63) is 42.6 Å². The Balaban J connectivity index is 1.54. The van der Waals surface area contributed by atoms with Gasteiger partial charge in [-0.05, 0) is 50.9 Å². The van der Waals surface area contributed by atoms with E-state index < -0.39 is 0 Å². The predicted molar refractivity (Wildman–Crippen MR) is 106 cm³/mol. The van der Waals surface area contributed by atoms with Crippen LogP contribution in [0.4, 0.5) is 0 Å². The SMILES string of the molecule is CSc1ccc(-c2cnc3ccc(OCC4CCCN(C)C4)nn23)cc1. The first kappa shape index (κ1) is 17.4. The number of ether oxygens (including phenoxy) is 1. The molecule has 26 heavy (non-hydrogen) atoms. The quantitative estimate of drug-likeness (QED) is 0.640. The van der Waals surface area contributed by atoms with Crippen LogP contribution < -0.4 is 4.74 Å². The van der Waals surface area contributed by atoms with E-state index in [1.165, 1.54) is 24.3 Å². The Hall–Kier alpha value is -2.05. The van der Waals surface area contributed by atoms with Crippen LogP contribution in [-0.4, -0.2) is 52.5 Å². The van der Waals surface area contributed by atoms with Gasteiger partial charge in [0.2, 0.25) is 5.88 Å². The molecule has 136 valence electrons. The number of benzene rings is 1. The molecule has 0 amide bonds. The molecule has 4 rings (SSSR count). The van der Waals surface area contributed by atoms with Gasteiger partial charge >= 0.3 is 0 Å². The number of rotatable bonds is 5. The van der Waals surface area contributed by atoms with Crippen molar-refractivity contribution in [2.24, 2.45) is 5.92 Å². The lowest BCUT2D eigenvalue weighted by molar-refractivity contribution is 0.146. The standard InChI is InChI=1S/C20H24N4OS/c1-23-11-3-4-15(13-23)14-25-20-10-9-19-21-12-18(24(19)22-20)16-5-7-17(26-2)8-6-16/h5-10,12,15H,3-4,11,13-14H2,1-2H3. The summed E-state index contributed by atoms with van der Waals surface area (Å²) in [4.78, 5) is 8.09. The van der Waals surface area contributed by atoms with Crippen LogP contribution in [0, 0.1) is 5.92 Å². The third-order valence-electron chi connectivity index (χ3n) is 4.91. The first-order chi connectivity index (χ1) is 12.7. The number of likely N-dealkylation sites (tertiary alicyclic amines) is 1. The number of fused-ring (bicyclic) bond motifs is 1. The smallest absolute Gasteiger partial charge is 0.231 e. The van der Waals surface area contributed by atoms with Gasteiger partial charge in [0, 0.05) is 29.0 Å². The summed E-state index contributed by atoms with van der Waals surface area (Å²) in [5, 5.41) is 4.67. The van der Waals surface area contributed by atoms with Crippen molar-refractivity contribution in [2.45, 2.75) is 17.7 Å². The van der Waals surface area contributed by atoms with Gasteiger partial charge in [0.05, 0.1) is 18.5 Å². The lowest BCUT2D eigenvalue weighted by atomic mass is 10.00. The van der Waals surface area contributed by atoms with E-state index in [9.17, 15) is 0 Å². The fraction of sp³-hybridized carbons (Fsp3) is 0.400. The fourth-order valence-electron chi connectivity index (χ4n) is 3.50. The number of nitrogens with zero attached hydrogens (tertiary/aromatic N) is 4. The van der Waals surface area contributed by atoms with E-state index in [2.05, 4.69) is 52.6 Å². The van der Waals surface area contributed by atoms with E-state index in [4.69, 9.17) is 4.74 Å². The predicted octanol–water partition coefficient (Wildman–Crippen LogP) is 3.84. The maximum Gasteiger partial charge on any atom is 0.231 e. The van der Waals surface area contributed by atoms with Crippen LogP contribution in [0.15, 0.2) is 47.5 Å². The van der Waals surface area contributed by atoms with Crippen LogP contribution in [0.3, 0.4) is 0 Å². The second-order valence-corrected chi connectivity index (χ2v) is 7.77. The molecule has 1 unspecified atom stereocenters. The van der Waals surface area contributed by atoms with Crippen LogP contribution in [0.5, 0.6) is 5.88 Å². The molecule has 5 nitrogen and oxygen atoms in total. The second kappa shape index (κ2) is 7.68. The van der Waals surface area contributed by atoms with E-state index in [1.54, 1.807) is 11.8 Å². The Labute approximate surface area is 158 Å². The van der Waals surface area contributed by atoms with Gasteiger partial charge in [0.25, 0.3) is 0 Å². The first-order valence-electron chi connectivity index (χ1n) is 9.03. The summed E-state index contributed by atoms with van der Waals surface area (Å²) in [6, 6.07) is 12.4. The minimum Gasteiger partial charge on any atom is -0.476 e. The molecule has 0 spiro atoms. The van der Waals surface area contributed by atoms with Crippen molar-refractivity contribution in [2.75, 3.05) is 33.0 Å². The van der Waals surface area contributed by atoms with Crippen LogP contribution >= 0.6 is 11.8 Å². The van der Waals surface area contributed by atoms with Gasteiger partial charge in [-0.1, -0.05) is 12.1 Å². The summed E-state index contributed by atoms with van der Waals surface area (Å²) in [7, 11) is 2.18. The average Bonchev–Trinajstić information content (AvgIpc) is 3.10. The highest BCUT2D eigenvalue weighted by molar-refractivity contribution is 7.98. The number of aromatic nitrogens is 3. The molecule has 0 bridgehead atoms. The molecular formula is C20H24N4OS. The monoisotopic (exact) mass is 368 g/mol. The number of thioether (sulfide) groups is 1. The van der Waals surface area contributed by atoms with Gasteiger partial charge in [-0.2, -0.15) is 0 Å². The number of hydrogen-bond acceptors (Lipinski definition) is 5. The molecule has 0 aliphatic carbocycles. The van der Waals surface area contributed by atoms with Gasteiger partial charge in [-0.25, -0.2) is 9.50 Å². The molecule has 3 aromatic rings. The molecule has 1 aromatic carbocycles. The van der Waals surface area contributed by atoms with E-state index in [0.717, 1.165) is 30.1 Å². The molecule has 6 heteroatoms. The van der Waals surface area contributed by atoms with Crippen LogP contribution in [-0.2, 0) is 0 Å². The summed E-state index contributed by atoms with van der Waals surface area (Å²) >= 11 is 1.74. The Morgan fingerprint density at radius 2 is 2.04 bits per heavy atom. The molecule has 1 aliphatic rings. The lowest BCUT2D eigenvalue weighted by Crippen LogP contribution is -2.34. The van der Waals surface area contributed by atoms with Crippen LogP contribution in [0.25, 0.3) is 16.9 Å². The molecule has 1 saturated heterocycles. The Morgan fingerprint density at radius 1 is 1.19 bits per heavy atom. The molecule has 0 radical (unpaired) electrons. The minimum atomic E-state index is 0.576. The number of imidazole rings is 1. The normalized spacial score (nSPS) is 18.3. The summed E-state index contributed by atoms with van der Waals surface area (Å²) in [5.41, 5.74) is 2.92. The highest BCUT2D eigenvalue weighted by Gasteiger charge is 2.18. The van der Waals surface area contributed by atoms with Gasteiger partial charge < -0.3 is 9.64 Å². The third-order valence-corrected chi connectivity index (χ3v) is 5.66. The van der Waals surface area contributed by atoms with E-state index in [0.29, 0.717) is 11.8 Å². The number of hydrogen-bond donors (Lipinski definition) is 0. The van der Waals surface area contributed by atoms with E-state index >= 15 is 0 Å². The molecule has 0 saturated carbocycles. The zero-order chi connectivity index (χ0) is 17.9. The summed E-state index contributed by atoms with van der Waals surface area (Å²) in [6.07, 6.45) is 6.42. The molecule has 0 N–H and O–H groups in total. The molecule has 1 atom stereocenters. The van der Waals surface area contributed by atoms with Gasteiger partial charge in [0.15, 0.2) is 5.65 Å². The maximum absolute atomic E-state index is 6.01. The Bertz CT molecular complexity index is 877. The fourth-order valence-corrected chi connectivity index (χ4v) is 3.91. The lowest BCUT2D eigenvalue weighted by Gasteiger charge is -2.29. The largest absolute Gasteiger partial charge is 0.476 e. The van der Waals surface area contributed by atoms with Crippen molar-refractivity contribution in [1.82, 2.24) is 19.5 Å². The molecular weight excluding hydrogens is 344 g/mol. The molecule has 1 fully saturated rings. The third kappa shape index (κ3) is 3.71. The average molecular weight is 369 g/mol. The van der Waals surface area contributed by atoms with Crippen molar-refractivity contribution < 1.29 is 4.74 Å². The van der Waals surface area contributed by atoms with Gasteiger partial charge in [-0.3, -0.25) is 0 Å². The number of piperidine rings is 1. The van der Waals surface area contributed by atoms with Crippen molar-refractivity contribution in [3.63, 3.8) is 0 Å². The van der Waals surface area contributed by atoms with Gasteiger partial charge in [-0.15, -0.1) is 16.9 Å². The van der Waals surface area contributed by atoms with Crippen molar-refractivity contribution in [3.8, 4) is 17.1 Å². The van der Waals surface area contributed by atoms with Crippen molar-refractivity contribution >= 4 is 17.4 Å². The van der Waals surface area contributed by atoms with Crippen LogP contribution in [0.1, 0.15) is 12.8 Å². The van der Waals surface area contributed by atoms with Gasteiger partial charge in [0.1, 0.15) is 0 Å². The maximum atomic E-state index is 6.01. The highest BCUT2D eigenvalue weighted by Crippen LogP contribution is 2.24. The highest BCUT2D eigenvalue weighted by atomic mass is 32.2. The Morgan fingerprint density at radius 3 is 2.81 bits per heavy atom. The minimum absolute atomic E-state index is 0.576. The molecule has 2 aromatic heterocycles.